The van der Waals surface area contributed by atoms with Crippen molar-refractivity contribution in [2.24, 2.45) is 22.4 Å². The maximum absolute atomic E-state index is 13.5. The summed E-state index contributed by atoms with van der Waals surface area (Å²) in [6.45, 7) is 4.92. The minimum absolute atomic E-state index is 0.0163. The molecular formula is C27H40N8O7. The number of nitrogens with two attached hydrogens (primary N) is 2. The molecule has 1 aliphatic heterocycles. The number of rotatable bonds is 9. The van der Waals surface area contributed by atoms with Gasteiger partial charge < -0.3 is 43.2 Å². The molecule has 5 amide bonds. The Morgan fingerprint density at radius 3 is 2.00 bits per heavy atom. The molecule has 1 aromatic rings. The third-order valence-electron chi connectivity index (χ3n) is 6.50. The monoisotopic (exact) mass is 588 g/mol. The second-order valence-electron chi connectivity index (χ2n) is 10.4. The lowest BCUT2D eigenvalue weighted by Gasteiger charge is -2.27. The molecule has 5 atom stereocenters. The van der Waals surface area contributed by atoms with Gasteiger partial charge in [0.15, 0.2) is 5.96 Å². The lowest BCUT2D eigenvalue weighted by molar-refractivity contribution is -0.141. The van der Waals surface area contributed by atoms with Gasteiger partial charge in [0, 0.05) is 13.0 Å². The van der Waals surface area contributed by atoms with Crippen LogP contribution in [0, 0.1) is 5.92 Å². The van der Waals surface area contributed by atoms with Gasteiger partial charge in [-0.05, 0) is 31.2 Å². The molecule has 1 aliphatic rings. The van der Waals surface area contributed by atoms with E-state index in [1.165, 1.54) is 6.92 Å². The maximum Gasteiger partial charge on any atom is 0.305 e. The van der Waals surface area contributed by atoms with E-state index < -0.39 is 78.1 Å². The number of carboxylic acid groups (broad SMARTS) is 1. The zero-order chi connectivity index (χ0) is 31.4. The maximum atomic E-state index is 13.5. The molecule has 10 N–H and O–H groups in total. The minimum atomic E-state index is -1.55. The minimum Gasteiger partial charge on any atom is -0.481 e. The Kier molecular flexibility index (Phi) is 12.7. The highest BCUT2D eigenvalue weighted by molar-refractivity contribution is 5.98. The molecule has 15 heteroatoms. The van der Waals surface area contributed by atoms with Gasteiger partial charge in [-0.2, -0.15) is 0 Å². The summed E-state index contributed by atoms with van der Waals surface area (Å²) in [5.74, 6) is -5.76. The molecule has 1 saturated heterocycles. The lowest BCUT2D eigenvalue weighted by Crippen LogP contribution is -2.59. The first-order valence-corrected chi connectivity index (χ1v) is 13.6. The van der Waals surface area contributed by atoms with Gasteiger partial charge in [-0.1, -0.05) is 44.2 Å². The number of aliphatic imine (C=N–C) groups is 1. The molecule has 0 saturated carbocycles. The molecule has 1 heterocycles. The average molecular weight is 589 g/mol. The van der Waals surface area contributed by atoms with Crippen LogP contribution in [0.5, 0.6) is 0 Å². The third kappa shape index (κ3) is 10.7. The van der Waals surface area contributed by atoms with E-state index in [-0.39, 0.29) is 25.3 Å². The van der Waals surface area contributed by atoms with Gasteiger partial charge in [-0.15, -0.1) is 0 Å². The Morgan fingerprint density at radius 1 is 0.833 bits per heavy atom. The Labute approximate surface area is 243 Å². The molecule has 0 aliphatic carbocycles. The van der Waals surface area contributed by atoms with Crippen LogP contribution in [0.4, 0.5) is 0 Å². The molecule has 230 valence electrons. The molecule has 0 radical (unpaired) electrons. The number of benzene rings is 1. The van der Waals surface area contributed by atoms with Crippen LogP contribution in [0.15, 0.2) is 35.3 Å². The molecular weight excluding hydrogens is 548 g/mol. The van der Waals surface area contributed by atoms with E-state index in [2.05, 4.69) is 31.6 Å². The highest BCUT2D eigenvalue weighted by Gasteiger charge is 2.35. The fraction of sp³-hybridized carbons (Fsp3) is 0.519. The van der Waals surface area contributed by atoms with Crippen LogP contribution < -0.4 is 38.1 Å². The lowest BCUT2D eigenvalue weighted by atomic mass is 10.00. The van der Waals surface area contributed by atoms with Crippen LogP contribution in [0.25, 0.3) is 0 Å². The smallest absolute Gasteiger partial charge is 0.305 e. The first-order chi connectivity index (χ1) is 19.8. The number of guanidine groups is 1. The second-order valence-corrected chi connectivity index (χ2v) is 10.4. The van der Waals surface area contributed by atoms with Crippen molar-refractivity contribution >= 4 is 41.5 Å². The fourth-order valence-electron chi connectivity index (χ4n) is 4.21. The number of hydrogen-bond acceptors (Lipinski definition) is 7. The van der Waals surface area contributed by atoms with Crippen LogP contribution in [0.1, 0.15) is 45.6 Å². The van der Waals surface area contributed by atoms with Crippen LogP contribution in [-0.2, 0) is 35.2 Å². The largest absolute Gasteiger partial charge is 0.481 e. The van der Waals surface area contributed by atoms with Gasteiger partial charge in [-0.3, -0.25) is 33.8 Å². The topological polar surface area (TPSA) is 247 Å². The van der Waals surface area contributed by atoms with Crippen molar-refractivity contribution in [2.45, 2.75) is 76.7 Å². The van der Waals surface area contributed by atoms with Gasteiger partial charge >= 0.3 is 5.97 Å². The standard InChI is InChI=1S/C27H40N8O7/c1-14(2)21-26(42)32-17(10-7-11-30-27(28)29)23(39)31-15(3)22(38)33-19(13-20(36)37)24(40)34-18(25(41)35-21)12-16-8-5-4-6-9-16/h4-6,8-9,14-15,17-19,21H,7,10-13H2,1-3H3,(H,31,39)(H,32,42)(H,33,38)(H,34,40)(H,35,41)(H,36,37)(H4,28,29,30)/t15-,17+,18-,19-,21+/m1/s1. The molecule has 0 spiro atoms. The van der Waals surface area contributed by atoms with Crippen LogP contribution >= 0.6 is 0 Å². The summed E-state index contributed by atoms with van der Waals surface area (Å²) < 4.78 is 0. The first-order valence-electron chi connectivity index (χ1n) is 13.6. The number of carbonyl (C=O) groups is 6. The van der Waals surface area contributed by atoms with E-state index in [9.17, 15) is 33.9 Å². The van der Waals surface area contributed by atoms with Crippen molar-refractivity contribution in [3.8, 4) is 0 Å². The molecule has 0 aromatic heterocycles. The molecule has 0 bridgehead atoms. The Balaban J connectivity index is 2.48. The summed E-state index contributed by atoms with van der Waals surface area (Å²) in [7, 11) is 0. The van der Waals surface area contributed by atoms with Gasteiger partial charge in [0.25, 0.3) is 0 Å². The van der Waals surface area contributed by atoms with E-state index >= 15 is 0 Å². The van der Waals surface area contributed by atoms with Gasteiger partial charge in [0.1, 0.15) is 30.2 Å². The van der Waals surface area contributed by atoms with Crippen LogP contribution in [-0.4, -0.2) is 83.3 Å². The predicted molar refractivity (Wildman–Crippen MR) is 152 cm³/mol. The summed E-state index contributed by atoms with van der Waals surface area (Å²) in [5, 5.41) is 22.0. The highest BCUT2D eigenvalue weighted by atomic mass is 16.4. The summed E-state index contributed by atoms with van der Waals surface area (Å²) in [5.41, 5.74) is 11.4. The predicted octanol–water partition coefficient (Wildman–Crippen LogP) is -2.13. The molecule has 2 rings (SSSR count). The summed E-state index contributed by atoms with van der Waals surface area (Å²) in [4.78, 5) is 81.5. The number of nitrogens with one attached hydrogen (secondary N) is 5. The summed E-state index contributed by atoms with van der Waals surface area (Å²) in [6.07, 6.45) is -0.365. The Bertz CT molecular complexity index is 1170. The SMILES string of the molecule is CC(C)[C@@H]1NC(=O)[C@@H](Cc2ccccc2)NC(=O)[C@@H](CC(=O)O)NC(=O)[C@@H](C)NC(=O)[C@H](CCCN=C(N)N)NC1=O. The van der Waals surface area contributed by atoms with Gasteiger partial charge in [0.2, 0.25) is 29.5 Å². The zero-order valence-corrected chi connectivity index (χ0v) is 23.9. The van der Waals surface area contributed by atoms with Crippen LogP contribution in [0.2, 0.25) is 0 Å². The summed E-state index contributed by atoms with van der Waals surface area (Å²) >= 11 is 0. The molecule has 1 fully saturated rings. The number of amides is 5. The summed E-state index contributed by atoms with van der Waals surface area (Å²) in [6, 6.07) is 2.55. The van der Waals surface area contributed by atoms with Gasteiger partial charge in [0.05, 0.1) is 6.42 Å². The Morgan fingerprint density at radius 2 is 1.40 bits per heavy atom. The number of carbonyl (C=O) groups excluding carboxylic acids is 5. The fourth-order valence-corrected chi connectivity index (χ4v) is 4.21. The zero-order valence-electron chi connectivity index (χ0n) is 23.9. The first kappa shape index (κ1) is 33.5. The van der Waals surface area contributed by atoms with Crippen molar-refractivity contribution in [1.82, 2.24) is 26.6 Å². The normalized spacial score (nSPS) is 24.2. The number of hydrogen-bond donors (Lipinski definition) is 8. The molecule has 1 aromatic carbocycles. The number of carboxylic acids is 1. The van der Waals surface area contributed by atoms with E-state index in [0.717, 1.165) is 0 Å². The van der Waals surface area contributed by atoms with Crippen LogP contribution in [0.3, 0.4) is 0 Å². The van der Waals surface area contributed by atoms with Crippen molar-refractivity contribution in [3.05, 3.63) is 35.9 Å². The van der Waals surface area contributed by atoms with Crippen molar-refractivity contribution in [2.75, 3.05) is 6.54 Å². The average Bonchev–Trinajstić information content (AvgIpc) is 2.91. The van der Waals surface area contributed by atoms with Crippen molar-refractivity contribution < 1.29 is 33.9 Å². The Hall–Kier alpha value is -4.69. The van der Waals surface area contributed by atoms with E-state index in [4.69, 9.17) is 11.5 Å². The third-order valence-corrected chi connectivity index (χ3v) is 6.50. The van der Waals surface area contributed by atoms with Gasteiger partial charge in [-0.25, -0.2) is 0 Å². The quantitative estimate of drug-likeness (QED) is 0.0890. The number of nitrogens with zero attached hydrogens (tertiary/aromatic N) is 1. The highest BCUT2D eigenvalue weighted by Crippen LogP contribution is 2.10. The molecule has 15 nitrogen and oxygen atoms in total. The van der Waals surface area contributed by atoms with E-state index in [0.29, 0.717) is 12.0 Å². The van der Waals surface area contributed by atoms with Crippen molar-refractivity contribution in [1.29, 1.82) is 0 Å². The number of aliphatic carboxylic acids is 1. The van der Waals surface area contributed by atoms with Crippen molar-refractivity contribution in [3.63, 3.8) is 0 Å². The second kappa shape index (κ2) is 15.9. The van der Waals surface area contributed by atoms with E-state index in [1.807, 2.05) is 0 Å². The molecule has 0 unspecified atom stereocenters. The van der Waals surface area contributed by atoms with E-state index in [1.54, 1.807) is 44.2 Å². The molecule has 42 heavy (non-hydrogen) atoms.